The van der Waals surface area contributed by atoms with Crippen molar-refractivity contribution in [2.75, 3.05) is 0 Å². The molecule has 0 spiro atoms. The highest BCUT2D eigenvalue weighted by molar-refractivity contribution is 9.10. The van der Waals surface area contributed by atoms with Crippen LogP contribution in [0, 0.1) is 0 Å². The number of halogens is 1. The quantitative estimate of drug-likeness (QED) is 0.865. The fraction of sp³-hybridized carbons (Fsp3) is 0.444. The predicted octanol–water partition coefficient (Wildman–Crippen LogP) is 2.64. The Labute approximate surface area is 81.3 Å². The Kier molecular flexibility index (Phi) is 3.69. The van der Waals surface area contributed by atoms with E-state index in [0.29, 0.717) is 0 Å². The first-order valence-electron chi connectivity index (χ1n) is 4.10. The molecule has 2 nitrogen and oxygen atoms in total. The van der Waals surface area contributed by atoms with Crippen molar-refractivity contribution in [3.8, 4) is 0 Å². The van der Waals surface area contributed by atoms with Crippen LogP contribution in [0.4, 0.5) is 0 Å². The fourth-order valence-electron chi connectivity index (χ4n) is 1.11. The molecule has 1 atom stereocenters. The van der Waals surface area contributed by atoms with Gasteiger partial charge in [-0.1, -0.05) is 13.3 Å². The summed E-state index contributed by atoms with van der Waals surface area (Å²) < 4.78 is 0.992. The molecule has 1 heterocycles. The van der Waals surface area contributed by atoms with Gasteiger partial charge in [0.1, 0.15) is 0 Å². The van der Waals surface area contributed by atoms with Gasteiger partial charge in [0.25, 0.3) is 0 Å². The zero-order chi connectivity index (χ0) is 8.97. The van der Waals surface area contributed by atoms with Crippen molar-refractivity contribution in [1.29, 1.82) is 0 Å². The second kappa shape index (κ2) is 4.58. The molecule has 0 saturated heterocycles. The molecule has 0 aliphatic rings. The first-order chi connectivity index (χ1) is 5.74. The van der Waals surface area contributed by atoms with Crippen molar-refractivity contribution < 1.29 is 0 Å². The molecule has 1 aromatic heterocycles. The third-order valence-electron chi connectivity index (χ3n) is 1.75. The van der Waals surface area contributed by atoms with Crippen LogP contribution in [-0.4, -0.2) is 4.98 Å². The molecule has 2 N–H and O–H groups in total. The maximum atomic E-state index is 5.91. The number of nitrogens with two attached hydrogens (primary N) is 1. The summed E-state index contributed by atoms with van der Waals surface area (Å²) >= 11 is 3.36. The second-order valence-corrected chi connectivity index (χ2v) is 3.75. The monoisotopic (exact) mass is 228 g/mol. The third kappa shape index (κ3) is 2.57. The Morgan fingerprint density at radius 3 is 2.92 bits per heavy atom. The van der Waals surface area contributed by atoms with E-state index in [-0.39, 0.29) is 6.04 Å². The van der Waals surface area contributed by atoms with E-state index in [1.165, 1.54) is 0 Å². The zero-order valence-electron chi connectivity index (χ0n) is 7.13. The van der Waals surface area contributed by atoms with Crippen LogP contribution in [-0.2, 0) is 0 Å². The van der Waals surface area contributed by atoms with Crippen molar-refractivity contribution in [2.24, 2.45) is 5.73 Å². The average molecular weight is 229 g/mol. The van der Waals surface area contributed by atoms with Gasteiger partial charge in [0, 0.05) is 22.9 Å². The molecule has 0 amide bonds. The van der Waals surface area contributed by atoms with Crippen LogP contribution in [0.3, 0.4) is 0 Å². The Morgan fingerprint density at radius 2 is 2.33 bits per heavy atom. The molecule has 0 aliphatic carbocycles. The first-order valence-corrected chi connectivity index (χ1v) is 4.89. The summed E-state index contributed by atoms with van der Waals surface area (Å²) in [6, 6.07) is 2.15. The van der Waals surface area contributed by atoms with Crippen LogP contribution >= 0.6 is 15.9 Å². The number of aromatic nitrogens is 1. The minimum Gasteiger partial charge on any atom is -0.324 e. The van der Waals surface area contributed by atoms with E-state index in [0.717, 1.165) is 22.9 Å². The van der Waals surface area contributed by atoms with Crippen LogP contribution < -0.4 is 5.73 Å². The van der Waals surface area contributed by atoms with Gasteiger partial charge in [-0.2, -0.15) is 0 Å². The van der Waals surface area contributed by atoms with Gasteiger partial charge in [-0.05, 0) is 34.0 Å². The summed E-state index contributed by atoms with van der Waals surface area (Å²) in [5, 5.41) is 0. The van der Waals surface area contributed by atoms with Gasteiger partial charge in [0.15, 0.2) is 0 Å². The third-order valence-corrected chi connectivity index (χ3v) is 2.19. The molecule has 1 aromatic rings. The van der Waals surface area contributed by atoms with E-state index in [9.17, 15) is 0 Å². The van der Waals surface area contributed by atoms with Crippen LogP contribution in [0.5, 0.6) is 0 Å². The number of hydrogen-bond acceptors (Lipinski definition) is 2. The van der Waals surface area contributed by atoms with Crippen LogP contribution in [0.15, 0.2) is 22.9 Å². The number of pyridine rings is 1. The van der Waals surface area contributed by atoms with Crippen molar-refractivity contribution in [3.05, 3.63) is 28.5 Å². The molecule has 0 radical (unpaired) electrons. The lowest BCUT2D eigenvalue weighted by molar-refractivity contribution is 0.636. The number of rotatable bonds is 3. The molecule has 0 bridgehead atoms. The van der Waals surface area contributed by atoms with Gasteiger partial charge in [0.2, 0.25) is 0 Å². The minimum atomic E-state index is 0.125. The van der Waals surface area contributed by atoms with E-state index >= 15 is 0 Å². The molecule has 3 heteroatoms. The van der Waals surface area contributed by atoms with E-state index in [1.807, 2.05) is 12.3 Å². The standard InChI is InChI=1S/C9H13BrN2/c1-2-3-9(11)7-4-8(10)6-12-5-7/h4-6,9H,2-3,11H2,1H3/t9-/m1/s1. The summed E-state index contributed by atoms with van der Waals surface area (Å²) in [6.07, 6.45) is 5.71. The molecular formula is C9H13BrN2. The molecule has 0 fully saturated rings. The molecule has 0 saturated carbocycles. The minimum absolute atomic E-state index is 0.125. The Morgan fingerprint density at radius 1 is 1.58 bits per heavy atom. The SMILES string of the molecule is CCC[C@@H](N)c1cncc(Br)c1. The molecule has 66 valence electrons. The van der Waals surface area contributed by atoms with E-state index in [2.05, 4.69) is 27.8 Å². The van der Waals surface area contributed by atoms with E-state index in [1.54, 1.807) is 6.20 Å². The Balaban J connectivity index is 2.73. The number of nitrogens with zero attached hydrogens (tertiary/aromatic N) is 1. The maximum absolute atomic E-state index is 5.91. The van der Waals surface area contributed by atoms with Gasteiger partial charge in [0.05, 0.1) is 0 Å². The summed E-state index contributed by atoms with van der Waals surface area (Å²) in [6.45, 7) is 2.13. The van der Waals surface area contributed by atoms with Gasteiger partial charge in [-0.3, -0.25) is 4.98 Å². The highest BCUT2D eigenvalue weighted by Crippen LogP contribution is 2.18. The number of hydrogen-bond donors (Lipinski definition) is 1. The normalized spacial score (nSPS) is 12.9. The zero-order valence-corrected chi connectivity index (χ0v) is 8.71. The topological polar surface area (TPSA) is 38.9 Å². The average Bonchev–Trinajstić information content (AvgIpc) is 2.05. The van der Waals surface area contributed by atoms with Crippen molar-refractivity contribution >= 4 is 15.9 Å². The molecule has 12 heavy (non-hydrogen) atoms. The molecule has 0 unspecified atom stereocenters. The second-order valence-electron chi connectivity index (χ2n) is 2.83. The van der Waals surface area contributed by atoms with E-state index < -0.39 is 0 Å². The highest BCUT2D eigenvalue weighted by Gasteiger charge is 2.04. The van der Waals surface area contributed by atoms with E-state index in [4.69, 9.17) is 5.73 Å². The van der Waals surface area contributed by atoms with Gasteiger partial charge < -0.3 is 5.73 Å². The van der Waals surface area contributed by atoms with Crippen molar-refractivity contribution in [1.82, 2.24) is 4.98 Å². The van der Waals surface area contributed by atoms with Crippen molar-refractivity contribution in [2.45, 2.75) is 25.8 Å². The van der Waals surface area contributed by atoms with Crippen LogP contribution in [0.1, 0.15) is 31.4 Å². The molecule has 0 aliphatic heterocycles. The van der Waals surface area contributed by atoms with Crippen molar-refractivity contribution in [3.63, 3.8) is 0 Å². The summed E-state index contributed by atoms with van der Waals surface area (Å²) in [7, 11) is 0. The lowest BCUT2D eigenvalue weighted by atomic mass is 10.1. The highest BCUT2D eigenvalue weighted by atomic mass is 79.9. The lowest BCUT2D eigenvalue weighted by Gasteiger charge is -2.09. The summed E-state index contributed by atoms with van der Waals surface area (Å²) in [5.41, 5.74) is 7.02. The summed E-state index contributed by atoms with van der Waals surface area (Å²) in [4.78, 5) is 4.06. The fourth-order valence-corrected chi connectivity index (χ4v) is 1.49. The van der Waals surface area contributed by atoms with Gasteiger partial charge in [-0.15, -0.1) is 0 Å². The van der Waals surface area contributed by atoms with Gasteiger partial charge >= 0.3 is 0 Å². The molecule has 1 rings (SSSR count). The molecule has 0 aromatic carbocycles. The van der Waals surface area contributed by atoms with Crippen LogP contribution in [0.25, 0.3) is 0 Å². The smallest absolute Gasteiger partial charge is 0.0410 e. The largest absolute Gasteiger partial charge is 0.324 e. The Bertz CT molecular complexity index is 250. The van der Waals surface area contributed by atoms with Gasteiger partial charge in [-0.25, -0.2) is 0 Å². The first kappa shape index (κ1) is 9.68. The maximum Gasteiger partial charge on any atom is 0.0410 e. The van der Waals surface area contributed by atoms with Crippen LogP contribution in [0.2, 0.25) is 0 Å². The molecular weight excluding hydrogens is 216 g/mol. The lowest BCUT2D eigenvalue weighted by Crippen LogP contribution is -2.09. The summed E-state index contributed by atoms with van der Waals surface area (Å²) in [5.74, 6) is 0. The predicted molar refractivity (Wildman–Crippen MR) is 53.8 cm³/mol. The Hall–Kier alpha value is -0.410.